The molecule has 0 spiro atoms. The maximum Gasteiger partial charge on any atom is 0.212 e. The van der Waals surface area contributed by atoms with E-state index in [4.69, 9.17) is 0 Å². The number of ketones is 4. The molecule has 0 radical (unpaired) electrons. The van der Waals surface area contributed by atoms with Crippen LogP contribution in [0.4, 0.5) is 0 Å². The van der Waals surface area contributed by atoms with Crippen LogP contribution >= 0.6 is 22.7 Å². The van der Waals surface area contributed by atoms with Crippen molar-refractivity contribution in [2.45, 2.75) is 23.7 Å². The topological polar surface area (TPSA) is 68.3 Å². The summed E-state index contributed by atoms with van der Waals surface area (Å²) in [7, 11) is 0. The molecule has 5 aliphatic rings. The molecule has 158 valence electrons. The van der Waals surface area contributed by atoms with Gasteiger partial charge in [0.1, 0.15) is 0 Å². The lowest BCUT2D eigenvalue weighted by molar-refractivity contribution is -0.148. The third kappa shape index (κ3) is 1.95. The summed E-state index contributed by atoms with van der Waals surface area (Å²) in [5.41, 5.74) is 4.93. The summed E-state index contributed by atoms with van der Waals surface area (Å²) in [6.07, 6.45) is 0. The molecule has 2 bridgehead atoms. The van der Waals surface area contributed by atoms with Gasteiger partial charge in [-0.3, -0.25) is 19.2 Å². The average molecular weight is 467 g/mol. The van der Waals surface area contributed by atoms with Gasteiger partial charge in [0.05, 0.1) is 23.7 Å². The van der Waals surface area contributed by atoms with Gasteiger partial charge in [-0.05, 0) is 28.3 Å². The molecule has 5 aliphatic carbocycles. The van der Waals surface area contributed by atoms with E-state index < -0.39 is 11.8 Å². The zero-order valence-electron chi connectivity index (χ0n) is 17.0. The largest absolute Gasteiger partial charge is 0.290 e. The molecule has 2 heterocycles. The maximum absolute atomic E-state index is 13.0. The lowest BCUT2D eigenvalue weighted by atomic mass is 9.65. The second kappa shape index (κ2) is 5.82. The van der Waals surface area contributed by atoms with Crippen molar-refractivity contribution >= 4 is 55.2 Å². The number of hydrogen-bond acceptors (Lipinski definition) is 6. The molecule has 6 heteroatoms. The van der Waals surface area contributed by atoms with Crippen LogP contribution in [0.3, 0.4) is 0 Å². The molecule has 1 fully saturated rings. The van der Waals surface area contributed by atoms with Crippen LogP contribution < -0.4 is 0 Å². The van der Waals surface area contributed by atoms with Gasteiger partial charge in [0.15, 0.2) is 0 Å². The number of carbonyl (C=O) groups excluding carboxylic acids is 4. The van der Waals surface area contributed by atoms with Crippen LogP contribution in [-0.4, -0.2) is 23.1 Å². The SMILES string of the molecule is O=C1C(=O)C2c3ccccc3C1c1sc3cc(C4c5ccccc5C5C(=O)C(=O)C54)sc3c12. The normalized spacial score (nSPS) is 28.5. The molecule has 0 N–H and O–H groups in total. The van der Waals surface area contributed by atoms with Crippen molar-refractivity contribution < 1.29 is 19.2 Å². The highest BCUT2D eigenvalue weighted by atomic mass is 32.1. The molecule has 2 aromatic carbocycles. The Morgan fingerprint density at radius 2 is 1.21 bits per heavy atom. The van der Waals surface area contributed by atoms with Crippen LogP contribution in [-0.2, 0) is 19.2 Å². The molecule has 1 saturated carbocycles. The third-order valence-electron chi connectivity index (χ3n) is 7.90. The van der Waals surface area contributed by atoms with E-state index >= 15 is 0 Å². The summed E-state index contributed by atoms with van der Waals surface area (Å²) >= 11 is 3.22. The van der Waals surface area contributed by atoms with Gasteiger partial charge in [-0.25, -0.2) is 0 Å². The molecule has 0 amide bonds. The van der Waals surface area contributed by atoms with Crippen LogP contribution in [0.1, 0.15) is 61.2 Å². The molecule has 33 heavy (non-hydrogen) atoms. The minimum atomic E-state index is -0.538. The van der Waals surface area contributed by atoms with E-state index in [0.717, 1.165) is 47.0 Å². The van der Waals surface area contributed by atoms with Gasteiger partial charge in [-0.15, -0.1) is 22.7 Å². The minimum Gasteiger partial charge on any atom is -0.290 e. The predicted molar refractivity (Wildman–Crippen MR) is 124 cm³/mol. The van der Waals surface area contributed by atoms with Gasteiger partial charge in [0, 0.05) is 30.6 Å². The molecule has 2 aromatic heterocycles. The number of benzene rings is 2. The summed E-state index contributed by atoms with van der Waals surface area (Å²) in [4.78, 5) is 52.9. The van der Waals surface area contributed by atoms with Crippen LogP contribution in [0.25, 0.3) is 9.40 Å². The molecular weight excluding hydrogens is 452 g/mol. The fourth-order valence-corrected chi connectivity index (χ4v) is 9.55. The first-order valence-electron chi connectivity index (χ1n) is 11.0. The first kappa shape index (κ1) is 18.2. The molecule has 0 aliphatic heterocycles. The van der Waals surface area contributed by atoms with E-state index in [2.05, 4.69) is 6.07 Å². The van der Waals surface area contributed by atoms with Crippen molar-refractivity contribution in [3.63, 3.8) is 0 Å². The first-order chi connectivity index (χ1) is 16.1. The van der Waals surface area contributed by atoms with Gasteiger partial charge in [-0.1, -0.05) is 48.5 Å². The Kier molecular flexibility index (Phi) is 3.22. The molecule has 4 nitrogen and oxygen atoms in total. The minimum absolute atomic E-state index is 0.123. The third-order valence-corrected chi connectivity index (χ3v) is 10.5. The second-order valence-electron chi connectivity index (χ2n) is 9.28. The fourth-order valence-electron chi connectivity index (χ4n) is 6.55. The summed E-state index contributed by atoms with van der Waals surface area (Å²) in [5.74, 6) is -2.96. The summed E-state index contributed by atoms with van der Waals surface area (Å²) in [6.45, 7) is 0. The van der Waals surface area contributed by atoms with Crippen LogP contribution in [0.2, 0.25) is 0 Å². The summed E-state index contributed by atoms with van der Waals surface area (Å²) < 4.78 is 2.11. The number of hydrogen-bond donors (Lipinski definition) is 0. The number of rotatable bonds is 1. The highest BCUT2D eigenvalue weighted by Crippen LogP contribution is 2.60. The molecule has 9 rings (SSSR count). The Labute approximate surface area is 195 Å². The van der Waals surface area contributed by atoms with E-state index in [9.17, 15) is 19.2 Å². The Balaban J connectivity index is 1.34. The zero-order chi connectivity index (χ0) is 22.2. The maximum atomic E-state index is 13.0. The number of carbonyl (C=O) groups is 4. The average Bonchev–Trinajstić information content (AvgIpc) is 3.48. The Bertz CT molecular complexity index is 1640. The van der Waals surface area contributed by atoms with Crippen molar-refractivity contribution in [2.75, 3.05) is 0 Å². The zero-order valence-corrected chi connectivity index (χ0v) is 18.7. The van der Waals surface area contributed by atoms with Crippen molar-refractivity contribution in [2.24, 2.45) is 5.92 Å². The standard InChI is InChI=1S/C27H14O4S2/c28-22-17-11-6-2-1-5-10(11)16(20(17)25(22)31)14-9-15-26(32-14)21-18-12-7-3-4-8-13(12)19(27(21)33-15)24(30)23(18)29/h1-9,16-20H. The molecule has 5 atom stereocenters. The molecule has 0 saturated heterocycles. The predicted octanol–water partition coefficient (Wildman–Crippen LogP) is 4.69. The van der Waals surface area contributed by atoms with Crippen LogP contribution in [0.15, 0.2) is 54.6 Å². The molecular formula is C27H14O4S2. The quantitative estimate of drug-likeness (QED) is 0.382. The monoisotopic (exact) mass is 466 g/mol. The van der Waals surface area contributed by atoms with E-state index in [0.29, 0.717) is 0 Å². The smallest absolute Gasteiger partial charge is 0.212 e. The first-order valence-corrected chi connectivity index (χ1v) is 12.6. The summed E-state index contributed by atoms with van der Waals surface area (Å²) in [5, 5.41) is 0. The van der Waals surface area contributed by atoms with E-state index in [1.165, 1.54) is 0 Å². The van der Waals surface area contributed by atoms with Gasteiger partial charge in [-0.2, -0.15) is 0 Å². The highest BCUT2D eigenvalue weighted by molar-refractivity contribution is 7.28. The van der Waals surface area contributed by atoms with Crippen molar-refractivity contribution in [3.8, 4) is 0 Å². The Hall–Kier alpha value is -3.22. The van der Waals surface area contributed by atoms with Gasteiger partial charge in [0.2, 0.25) is 23.1 Å². The van der Waals surface area contributed by atoms with Gasteiger partial charge < -0.3 is 0 Å². The highest BCUT2D eigenvalue weighted by Gasteiger charge is 2.59. The van der Waals surface area contributed by atoms with Crippen LogP contribution in [0.5, 0.6) is 0 Å². The Morgan fingerprint density at radius 1 is 0.606 bits per heavy atom. The van der Waals surface area contributed by atoms with Crippen LogP contribution in [0, 0.1) is 5.92 Å². The number of thiophene rings is 2. The van der Waals surface area contributed by atoms with E-state index in [1.807, 2.05) is 48.5 Å². The fraction of sp³-hybridized carbons (Fsp3) is 0.185. The molecule has 5 unspecified atom stereocenters. The van der Waals surface area contributed by atoms with Crippen molar-refractivity contribution in [1.29, 1.82) is 0 Å². The van der Waals surface area contributed by atoms with E-state index in [-0.39, 0.29) is 40.9 Å². The van der Waals surface area contributed by atoms with Gasteiger partial charge in [0.25, 0.3) is 0 Å². The number of fused-ring (bicyclic) bond motifs is 5. The lowest BCUT2D eigenvalue weighted by Gasteiger charge is -2.35. The van der Waals surface area contributed by atoms with E-state index in [1.54, 1.807) is 22.7 Å². The van der Waals surface area contributed by atoms with Crippen molar-refractivity contribution in [1.82, 2.24) is 0 Å². The van der Waals surface area contributed by atoms with Gasteiger partial charge >= 0.3 is 0 Å². The van der Waals surface area contributed by atoms with Crippen molar-refractivity contribution in [3.05, 3.63) is 92.2 Å². The second-order valence-corrected chi connectivity index (χ2v) is 11.5. The lowest BCUT2D eigenvalue weighted by Crippen LogP contribution is -2.45. The molecule has 4 aromatic rings. The number of Topliss-reactive ketones (excluding diaryl/α,β-unsaturated/α-hetero) is 4. The summed E-state index contributed by atoms with van der Waals surface area (Å²) in [6, 6.07) is 17.8. The Morgan fingerprint density at radius 3 is 1.94 bits per heavy atom.